The number of nitrogens with one attached hydrogen (secondary N) is 2. The predicted molar refractivity (Wildman–Crippen MR) is 115 cm³/mol. The van der Waals surface area contributed by atoms with Crippen LogP contribution in [0.15, 0.2) is 18.2 Å². The third kappa shape index (κ3) is 2.95. The van der Waals surface area contributed by atoms with Gasteiger partial charge in [-0.15, -0.1) is 0 Å². The number of carbonyl (C=O) groups is 1. The first-order valence-corrected chi connectivity index (χ1v) is 10.7. The van der Waals surface area contributed by atoms with E-state index in [0.29, 0.717) is 10.6 Å². The van der Waals surface area contributed by atoms with Crippen molar-refractivity contribution in [3.63, 3.8) is 0 Å². The first kappa shape index (κ1) is 20.2. The number of halogens is 1. The molecule has 4 bridgehead atoms. The molecule has 5 rings (SSSR count). The summed E-state index contributed by atoms with van der Waals surface area (Å²) in [4.78, 5) is 15.8. The quantitative estimate of drug-likeness (QED) is 0.693. The first-order valence-electron chi connectivity index (χ1n) is 10.4. The van der Waals surface area contributed by atoms with Gasteiger partial charge in [-0.25, -0.2) is 0 Å². The Balaban J connectivity index is 1.67. The highest BCUT2D eigenvalue weighted by molar-refractivity contribution is 6.36. The van der Waals surface area contributed by atoms with Crippen molar-refractivity contribution in [3.8, 4) is 6.07 Å². The lowest BCUT2D eigenvalue weighted by atomic mass is 9.50. The second kappa shape index (κ2) is 6.47. The van der Waals surface area contributed by atoms with Gasteiger partial charge in [0, 0.05) is 30.4 Å². The van der Waals surface area contributed by atoms with Crippen LogP contribution in [0.5, 0.6) is 0 Å². The molecule has 1 amide bonds. The van der Waals surface area contributed by atoms with E-state index in [9.17, 15) is 10.1 Å². The van der Waals surface area contributed by atoms with Gasteiger partial charge in [-0.1, -0.05) is 24.6 Å². The predicted octanol–water partition coefficient (Wildman–Crippen LogP) is 4.85. The summed E-state index contributed by atoms with van der Waals surface area (Å²) >= 11 is 6.43. The monoisotopic (exact) mass is 412 g/mol. The first-order chi connectivity index (χ1) is 13.6. The third-order valence-electron chi connectivity index (χ3n) is 7.43. The lowest BCUT2D eigenvalue weighted by Gasteiger charge is -2.64. The summed E-state index contributed by atoms with van der Waals surface area (Å²) in [6.45, 7) is 5.93. The zero-order valence-electron chi connectivity index (χ0n) is 17.6. The van der Waals surface area contributed by atoms with Crippen molar-refractivity contribution < 1.29 is 4.79 Å². The topological polar surface area (TPSA) is 80.0 Å². The van der Waals surface area contributed by atoms with E-state index in [4.69, 9.17) is 17.0 Å². The van der Waals surface area contributed by atoms with Crippen molar-refractivity contribution in [1.29, 1.82) is 10.7 Å². The van der Waals surface area contributed by atoms with E-state index < -0.39 is 5.41 Å². The molecule has 1 aromatic rings. The van der Waals surface area contributed by atoms with Gasteiger partial charge in [0.15, 0.2) is 0 Å². The van der Waals surface area contributed by atoms with Gasteiger partial charge in [-0.05, 0) is 63.5 Å². The van der Waals surface area contributed by atoms with Gasteiger partial charge in [0.2, 0.25) is 5.91 Å². The molecule has 2 N–H and O–H groups in total. The molecule has 154 valence electrons. The van der Waals surface area contributed by atoms with Crippen LogP contribution in [0.3, 0.4) is 0 Å². The molecule has 4 fully saturated rings. The smallest absolute Gasteiger partial charge is 0.234 e. The Kier molecular flexibility index (Phi) is 4.51. The van der Waals surface area contributed by atoms with Crippen molar-refractivity contribution >= 4 is 28.9 Å². The number of nitriles is 1. The van der Waals surface area contributed by atoms with Crippen molar-refractivity contribution in [2.45, 2.75) is 65.0 Å². The van der Waals surface area contributed by atoms with Gasteiger partial charge >= 0.3 is 0 Å². The number of nitrogens with zero attached hydrogens (tertiary/aromatic N) is 2. The number of piperidine rings is 2. The van der Waals surface area contributed by atoms with Crippen molar-refractivity contribution in [1.82, 2.24) is 4.90 Å². The lowest BCUT2D eigenvalue weighted by molar-refractivity contribution is -0.168. The van der Waals surface area contributed by atoms with E-state index in [1.54, 1.807) is 13.1 Å². The van der Waals surface area contributed by atoms with Gasteiger partial charge in [0.1, 0.15) is 0 Å². The summed E-state index contributed by atoms with van der Waals surface area (Å²) in [6, 6.07) is 8.25. The Bertz CT molecular complexity index is 915. The molecule has 0 aromatic heterocycles. The Morgan fingerprint density at radius 1 is 1.31 bits per heavy atom. The third-order valence-corrected chi connectivity index (χ3v) is 7.74. The Morgan fingerprint density at radius 2 is 1.93 bits per heavy atom. The molecule has 2 aliphatic carbocycles. The van der Waals surface area contributed by atoms with Crippen LogP contribution in [0, 0.1) is 33.0 Å². The van der Waals surface area contributed by atoms with Crippen molar-refractivity contribution in [2.75, 3.05) is 12.4 Å². The molecule has 2 saturated carbocycles. The minimum Gasteiger partial charge on any atom is -0.388 e. The maximum absolute atomic E-state index is 13.8. The molecular weight excluding hydrogens is 384 g/mol. The van der Waals surface area contributed by atoms with E-state index in [2.05, 4.69) is 18.3 Å². The summed E-state index contributed by atoms with van der Waals surface area (Å²) in [5, 5.41) is 22.3. The minimum atomic E-state index is -1.01. The molecule has 5 nitrogen and oxygen atoms in total. The number of benzene rings is 1. The number of amides is 1. The Labute approximate surface area is 177 Å². The Morgan fingerprint density at radius 3 is 2.48 bits per heavy atom. The number of hydrogen-bond acceptors (Lipinski definition) is 4. The van der Waals surface area contributed by atoms with Gasteiger partial charge in [0.05, 0.1) is 27.6 Å². The summed E-state index contributed by atoms with van der Waals surface area (Å²) in [6.07, 6.45) is 4.39. The maximum Gasteiger partial charge on any atom is 0.234 e. The number of anilines is 1. The van der Waals surface area contributed by atoms with E-state index in [0.717, 1.165) is 37.8 Å². The molecule has 2 unspecified atom stereocenters. The highest BCUT2D eigenvalue weighted by Crippen LogP contribution is 2.61. The standard InChI is InChI=1S/C23H29ClN4O/c1-21(2,19(26)18-16(24)6-5-7-17(18)27-4)20(29)28-14-8-22(3)9-15(28)11-23(10-14,12-22)13-25/h5-7,14-15,26-27H,8-12H2,1-4H3. The zero-order chi connectivity index (χ0) is 21.2. The molecule has 2 aliphatic heterocycles. The summed E-state index contributed by atoms with van der Waals surface area (Å²) < 4.78 is 0. The molecule has 0 radical (unpaired) electrons. The van der Waals surface area contributed by atoms with Crippen LogP contribution in [-0.4, -0.2) is 35.7 Å². The highest BCUT2D eigenvalue weighted by Gasteiger charge is 2.61. The fourth-order valence-corrected chi connectivity index (χ4v) is 6.61. The zero-order valence-corrected chi connectivity index (χ0v) is 18.4. The minimum absolute atomic E-state index is 0.0186. The van der Waals surface area contributed by atoms with Gasteiger partial charge < -0.3 is 15.6 Å². The van der Waals surface area contributed by atoms with E-state index in [1.165, 1.54) is 0 Å². The van der Waals surface area contributed by atoms with Crippen molar-refractivity contribution in [3.05, 3.63) is 28.8 Å². The van der Waals surface area contributed by atoms with E-state index in [1.807, 2.05) is 30.9 Å². The largest absolute Gasteiger partial charge is 0.388 e. The molecule has 1 aromatic carbocycles. The normalized spacial score (nSPS) is 32.8. The van der Waals surface area contributed by atoms with Crippen LogP contribution < -0.4 is 5.32 Å². The van der Waals surface area contributed by atoms with Gasteiger partial charge in [-0.3, -0.25) is 4.79 Å². The number of carbonyl (C=O) groups excluding carboxylic acids is 1. The van der Waals surface area contributed by atoms with Crippen LogP contribution in [0.2, 0.25) is 5.02 Å². The SMILES string of the molecule is CNc1cccc(Cl)c1C(=N)C(C)(C)C(=O)N1C2CC3(C)CC1CC(C#N)(C2)C3. The number of rotatable bonds is 4. The molecule has 2 saturated heterocycles. The molecule has 4 aliphatic rings. The summed E-state index contributed by atoms with van der Waals surface area (Å²) in [5.74, 6) is -0.0186. The average Bonchev–Trinajstić information content (AvgIpc) is 2.65. The van der Waals surface area contributed by atoms with Crippen LogP contribution in [0.1, 0.15) is 58.4 Å². The average molecular weight is 413 g/mol. The second-order valence-electron chi connectivity index (χ2n) is 10.1. The molecule has 2 heterocycles. The summed E-state index contributed by atoms with van der Waals surface area (Å²) in [7, 11) is 1.79. The van der Waals surface area contributed by atoms with Crippen LogP contribution in [-0.2, 0) is 4.79 Å². The second-order valence-corrected chi connectivity index (χ2v) is 10.5. The number of hydrogen-bond donors (Lipinski definition) is 2. The van der Waals surface area contributed by atoms with Crippen molar-refractivity contribution in [2.24, 2.45) is 16.2 Å². The molecular formula is C23H29ClN4O. The van der Waals surface area contributed by atoms with Crippen LogP contribution >= 0.6 is 11.6 Å². The van der Waals surface area contributed by atoms with Gasteiger partial charge in [0.25, 0.3) is 0 Å². The van der Waals surface area contributed by atoms with Crippen LogP contribution in [0.4, 0.5) is 5.69 Å². The molecule has 6 heteroatoms. The van der Waals surface area contributed by atoms with Crippen LogP contribution in [0.25, 0.3) is 0 Å². The fraction of sp³-hybridized carbons (Fsp3) is 0.609. The fourth-order valence-electron chi connectivity index (χ4n) is 6.34. The molecule has 29 heavy (non-hydrogen) atoms. The van der Waals surface area contributed by atoms with E-state index >= 15 is 0 Å². The molecule has 0 spiro atoms. The lowest BCUT2D eigenvalue weighted by Crippen LogP contribution is -2.67. The Hall–Kier alpha value is -2.06. The highest BCUT2D eigenvalue weighted by atomic mass is 35.5. The summed E-state index contributed by atoms with van der Waals surface area (Å²) in [5.41, 5.74) is 0.425. The van der Waals surface area contributed by atoms with Gasteiger partial charge in [-0.2, -0.15) is 5.26 Å². The molecule has 2 atom stereocenters. The maximum atomic E-state index is 13.8. The van der Waals surface area contributed by atoms with E-state index in [-0.39, 0.29) is 34.5 Å².